The fraction of sp³-hybridized carbons (Fsp3) is 0.263. The van der Waals surface area contributed by atoms with Gasteiger partial charge in [-0.3, -0.25) is 4.79 Å². The predicted molar refractivity (Wildman–Crippen MR) is 92.1 cm³/mol. The first-order chi connectivity index (χ1) is 11.2. The molecule has 118 valence electrons. The Kier molecular flexibility index (Phi) is 4.42. The predicted octanol–water partition coefficient (Wildman–Crippen LogP) is 3.46. The van der Waals surface area contributed by atoms with Crippen molar-refractivity contribution in [2.45, 2.75) is 26.8 Å². The van der Waals surface area contributed by atoms with Crippen molar-refractivity contribution < 1.29 is 4.79 Å². The van der Waals surface area contributed by atoms with Gasteiger partial charge in [0, 0.05) is 13.1 Å². The van der Waals surface area contributed by atoms with Crippen molar-refractivity contribution in [3.05, 3.63) is 65.5 Å². The SMILES string of the molecule is CCN(Cc1ccccc1)C(=O)Cc1ccc2nc(C)[nH]c2c1. The summed E-state index contributed by atoms with van der Waals surface area (Å²) < 4.78 is 0. The second-order valence-corrected chi connectivity index (χ2v) is 5.74. The highest BCUT2D eigenvalue weighted by Gasteiger charge is 2.13. The van der Waals surface area contributed by atoms with Gasteiger partial charge in [0.25, 0.3) is 0 Å². The molecular weight excluding hydrogens is 286 g/mol. The van der Waals surface area contributed by atoms with E-state index >= 15 is 0 Å². The molecule has 0 bridgehead atoms. The Bertz CT molecular complexity index is 808. The zero-order chi connectivity index (χ0) is 16.2. The lowest BCUT2D eigenvalue weighted by atomic mass is 10.1. The molecule has 1 N–H and O–H groups in total. The molecule has 0 spiro atoms. The highest BCUT2D eigenvalue weighted by atomic mass is 16.2. The number of H-pyrrole nitrogens is 1. The van der Waals surface area contributed by atoms with Crippen molar-refractivity contribution in [1.82, 2.24) is 14.9 Å². The number of benzene rings is 2. The Morgan fingerprint density at radius 3 is 2.65 bits per heavy atom. The standard InChI is InChI=1S/C19H21N3O/c1-3-22(13-15-7-5-4-6-8-15)19(23)12-16-9-10-17-18(11-16)21-14(2)20-17/h4-11H,3,12-13H2,1-2H3,(H,20,21). The number of fused-ring (bicyclic) bond motifs is 1. The van der Waals surface area contributed by atoms with Crippen molar-refractivity contribution >= 4 is 16.9 Å². The number of hydrogen-bond donors (Lipinski definition) is 1. The molecule has 4 heteroatoms. The topological polar surface area (TPSA) is 49.0 Å². The van der Waals surface area contributed by atoms with Gasteiger partial charge in [-0.2, -0.15) is 0 Å². The van der Waals surface area contributed by atoms with Crippen LogP contribution in [0.4, 0.5) is 0 Å². The summed E-state index contributed by atoms with van der Waals surface area (Å²) in [4.78, 5) is 22.1. The van der Waals surface area contributed by atoms with Gasteiger partial charge in [0.15, 0.2) is 0 Å². The lowest BCUT2D eigenvalue weighted by Crippen LogP contribution is -2.31. The lowest BCUT2D eigenvalue weighted by Gasteiger charge is -2.21. The minimum Gasteiger partial charge on any atom is -0.342 e. The first-order valence-electron chi connectivity index (χ1n) is 7.92. The molecule has 3 rings (SSSR count). The van der Waals surface area contributed by atoms with Gasteiger partial charge in [0.05, 0.1) is 17.5 Å². The van der Waals surface area contributed by atoms with E-state index in [2.05, 4.69) is 22.1 Å². The van der Waals surface area contributed by atoms with Crippen LogP contribution in [0.1, 0.15) is 23.9 Å². The fourth-order valence-electron chi connectivity index (χ4n) is 2.76. The van der Waals surface area contributed by atoms with Crippen LogP contribution >= 0.6 is 0 Å². The van der Waals surface area contributed by atoms with Crippen molar-refractivity contribution in [2.75, 3.05) is 6.54 Å². The molecule has 23 heavy (non-hydrogen) atoms. The van der Waals surface area contributed by atoms with E-state index in [1.165, 1.54) is 0 Å². The Balaban J connectivity index is 1.72. The molecule has 0 saturated carbocycles. The normalized spacial score (nSPS) is 10.9. The summed E-state index contributed by atoms with van der Waals surface area (Å²) >= 11 is 0. The first kappa shape index (κ1) is 15.3. The minimum atomic E-state index is 0.145. The number of carbonyl (C=O) groups excluding carboxylic acids is 1. The van der Waals surface area contributed by atoms with E-state index < -0.39 is 0 Å². The number of aromatic nitrogens is 2. The number of likely N-dealkylation sites (N-methyl/N-ethyl adjacent to an activating group) is 1. The molecule has 3 aromatic rings. The van der Waals surface area contributed by atoms with Gasteiger partial charge < -0.3 is 9.88 Å². The largest absolute Gasteiger partial charge is 0.342 e. The Morgan fingerprint density at radius 2 is 1.91 bits per heavy atom. The molecule has 4 nitrogen and oxygen atoms in total. The highest BCUT2D eigenvalue weighted by Crippen LogP contribution is 2.15. The third kappa shape index (κ3) is 3.59. The summed E-state index contributed by atoms with van der Waals surface area (Å²) in [5.41, 5.74) is 4.09. The second kappa shape index (κ2) is 6.65. The van der Waals surface area contributed by atoms with Gasteiger partial charge in [-0.05, 0) is 37.1 Å². The number of amides is 1. The van der Waals surface area contributed by atoms with Crippen molar-refractivity contribution in [2.24, 2.45) is 0 Å². The number of aromatic amines is 1. The molecule has 0 unspecified atom stereocenters. The van der Waals surface area contributed by atoms with Crippen LogP contribution in [0.5, 0.6) is 0 Å². The lowest BCUT2D eigenvalue weighted by molar-refractivity contribution is -0.130. The van der Waals surface area contributed by atoms with Gasteiger partial charge >= 0.3 is 0 Å². The number of nitrogens with zero attached hydrogens (tertiary/aromatic N) is 2. The van der Waals surface area contributed by atoms with E-state index in [1.54, 1.807) is 0 Å². The smallest absolute Gasteiger partial charge is 0.227 e. The molecule has 0 atom stereocenters. The van der Waals surface area contributed by atoms with Crippen molar-refractivity contribution in [3.63, 3.8) is 0 Å². The molecule has 1 aromatic heterocycles. The Hall–Kier alpha value is -2.62. The second-order valence-electron chi connectivity index (χ2n) is 5.74. The molecule has 2 aromatic carbocycles. The molecule has 1 heterocycles. The van der Waals surface area contributed by atoms with Crippen LogP contribution in [0.3, 0.4) is 0 Å². The van der Waals surface area contributed by atoms with Gasteiger partial charge in [0.2, 0.25) is 5.91 Å². The van der Waals surface area contributed by atoms with E-state index in [1.807, 2.05) is 55.1 Å². The van der Waals surface area contributed by atoms with Crippen LogP contribution in [0.2, 0.25) is 0 Å². The maximum absolute atomic E-state index is 12.6. The van der Waals surface area contributed by atoms with E-state index in [-0.39, 0.29) is 5.91 Å². The zero-order valence-electron chi connectivity index (χ0n) is 13.5. The zero-order valence-corrected chi connectivity index (χ0v) is 13.5. The number of hydrogen-bond acceptors (Lipinski definition) is 2. The van der Waals surface area contributed by atoms with Gasteiger partial charge in [-0.15, -0.1) is 0 Å². The number of aryl methyl sites for hydroxylation is 1. The third-order valence-electron chi connectivity index (χ3n) is 3.97. The third-order valence-corrected chi connectivity index (χ3v) is 3.97. The number of nitrogens with one attached hydrogen (secondary N) is 1. The van der Waals surface area contributed by atoms with Crippen molar-refractivity contribution in [1.29, 1.82) is 0 Å². The monoisotopic (exact) mass is 307 g/mol. The quantitative estimate of drug-likeness (QED) is 0.784. The summed E-state index contributed by atoms with van der Waals surface area (Å²) in [6, 6.07) is 16.1. The van der Waals surface area contributed by atoms with Gasteiger partial charge in [0.1, 0.15) is 5.82 Å². The van der Waals surface area contributed by atoms with Crippen LogP contribution < -0.4 is 0 Å². The van der Waals surface area contributed by atoms with E-state index in [0.29, 0.717) is 19.5 Å². The van der Waals surface area contributed by atoms with Crippen LogP contribution in [0, 0.1) is 6.92 Å². The van der Waals surface area contributed by atoms with E-state index in [9.17, 15) is 4.79 Å². The molecular formula is C19H21N3O. The Labute approximate surface area is 136 Å². The van der Waals surface area contributed by atoms with E-state index in [0.717, 1.165) is 28.0 Å². The first-order valence-corrected chi connectivity index (χ1v) is 7.92. The number of imidazole rings is 1. The molecule has 0 saturated heterocycles. The number of carbonyl (C=O) groups is 1. The summed E-state index contributed by atoms with van der Waals surface area (Å²) in [6.45, 7) is 5.31. The van der Waals surface area contributed by atoms with Crippen LogP contribution in [-0.4, -0.2) is 27.3 Å². The average Bonchev–Trinajstić information content (AvgIpc) is 2.92. The Morgan fingerprint density at radius 1 is 1.13 bits per heavy atom. The van der Waals surface area contributed by atoms with Crippen LogP contribution in [0.25, 0.3) is 11.0 Å². The van der Waals surface area contributed by atoms with Crippen molar-refractivity contribution in [3.8, 4) is 0 Å². The molecule has 0 aliphatic rings. The average molecular weight is 307 g/mol. The summed E-state index contributed by atoms with van der Waals surface area (Å²) in [7, 11) is 0. The summed E-state index contributed by atoms with van der Waals surface area (Å²) in [5, 5.41) is 0. The summed E-state index contributed by atoms with van der Waals surface area (Å²) in [6.07, 6.45) is 0.411. The molecule has 1 amide bonds. The molecule has 0 fully saturated rings. The maximum Gasteiger partial charge on any atom is 0.227 e. The molecule has 0 radical (unpaired) electrons. The summed E-state index contributed by atoms with van der Waals surface area (Å²) in [5.74, 6) is 1.04. The highest BCUT2D eigenvalue weighted by molar-refractivity contribution is 5.81. The van der Waals surface area contributed by atoms with Gasteiger partial charge in [-0.1, -0.05) is 36.4 Å². The van der Waals surface area contributed by atoms with Crippen LogP contribution in [-0.2, 0) is 17.8 Å². The van der Waals surface area contributed by atoms with Gasteiger partial charge in [-0.25, -0.2) is 4.98 Å². The van der Waals surface area contributed by atoms with E-state index in [4.69, 9.17) is 0 Å². The number of rotatable bonds is 5. The molecule has 0 aliphatic heterocycles. The maximum atomic E-state index is 12.6. The fourth-order valence-corrected chi connectivity index (χ4v) is 2.76. The minimum absolute atomic E-state index is 0.145. The molecule has 0 aliphatic carbocycles. The van der Waals surface area contributed by atoms with Crippen LogP contribution in [0.15, 0.2) is 48.5 Å².